The Labute approximate surface area is 105 Å². The Kier molecular flexibility index (Phi) is 3.69. The van der Waals surface area contributed by atoms with Crippen LogP contribution in [0.3, 0.4) is 0 Å². The molecule has 0 unspecified atom stereocenters. The molecule has 1 aromatic carbocycles. The van der Waals surface area contributed by atoms with Gasteiger partial charge in [-0.15, -0.1) is 11.6 Å². The molecule has 1 atom stereocenters. The van der Waals surface area contributed by atoms with E-state index in [2.05, 4.69) is 16.4 Å². The number of amides is 1. The smallest absolute Gasteiger partial charge is 0.237 e. The molecule has 0 spiro atoms. The number of aromatic nitrogens is 1. The lowest BCUT2D eigenvalue weighted by Gasteiger charge is -2.05. The molecule has 3 nitrogen and oxygen atoms in total. The largest absolute Gasteiger partial charge is 0.361 e. The molecule has 1 heterocycles. The van der Waals surface area contributed by atoms with Crippen LogP contribution in [-0.4, -0.2) is 22.8 Å². The molecule has 0 bridgehead atoms. The maximum Gasteiger partial charge on any atom is 0.237 e. The zero-order valence-corrected chi connectivity index (χ0v) is 10.4. The standard InChI is InChI=1S/C13H15ClN2O/c1-9(14)13(17)15-7-6-10-8-16-12-5-3-2-4-11(10)12/h2-5,8-9,16H,6-7H2,1H3,(H,15,17)/t9-/m0/s1. The monoisotopic (exact) mass is 250 g/mol. The molecule has 2 rings (SSSR count). The number of alkyl halides is 1. The van der Waals surface area contributed by atoms with Crippen molar-refractivity contribution >= 4 is 28.4 Å². The molecule has 1 amide bonds. The zero-order valence-electron chi connectivity index (χ0n) is 9.66. The summed E-state index contributed by atoms with van der Waals surface area (Å²) in [6, 6.07) is 8.13. The summed E-state index contributed by atoms with van der Waals surface area (Å²) in [4.78, 5) is 14.5. The number of fused-ring (bicyclic) bond motifs is 1. The minimum absolute atomic E-state index is 0.119. The van der Waals surface area contributed by atoms with Crippen molar-refractivity contribution in [3.63, 3.8) is 0 Å². The van der Waals surface area contributed by atoms with Gasteiger partial charge in [0, 0.05) is 23.6 Å². The van der Waals surface area contributed by atoms with Gasteiger partial charge in [-0.05, 0) is 25.0 Å². The molecule has 0 aliphatic rings. The molecule has 0 aliphatic heterocycles. The number of H-pyrrole nitrogens is 1. The highest BCUT2D eigenvalue weighted by Gasteiger charge is 2.08. The van der Waals surface area contributed by atoms with Gasteiger partial charge in [-0.2, -0.15) is 0 Å². The summed E-state index contributed by atoms with van der Waals surface area (Å²) in [7, 11) is 0. The van der Waals surface area contributed by atoms with Gasteiger partial charge in [0.1, 0.15) is 5.38 Å². The quantitative estimate of drug-likeness (QED) is 0.805. The summed E-state index contributed by atoms with van der Waals surface area (Å²) in [6.07, 6.45) is 2.79. The van der Waals surface area contributed by atoms with Crippen LogP contribution in [0, 0.1) is 0 Å². The number of para-hydroxylation sites is 1. The molecule has 0 saturated heterocycles. The number of benzene rings is 1. The lowest BCUT2D eigenvalue weighted by Crippen LogP contribution is -2.31. The average molecular weight is 251 g/mol. The second kappa shape index (κ2) is 5.23. The van der Waals surface area contributed by atoms with Crippen LogP contribution in [-0.2, 0) is 11.2 Å². The summed E-state index contributed by atoms with van der Waals surface area (Å²) < 4.78 is 0. The predicted octanol–water partition coefficient (Wildman–Crippen LogP) is 2.45. The highest BCUT2D eigenvalue weighted by Crippen LogP contribution is 2.17. The second-order valence-electron chi connectivity index (χ2n) is 4.02. The Morgan fingerprint density at radius 2 is 2.24 bits per heavy atom. The summed E-state index contributed by atoms with van der Waals surface area (Å²) >= 11 is 5.67. The third kappa shape index (κ3) is 2.80. The Balaban J connectivity index is 1.98. The number of rotatable bonds is 4. The lowest BCUT2D eigenvalue weighted by atomic mass is 10.1. The average Bonchev–Trinajstić information content (AvgIpc) is 2.72. The van der Waals surface area contributed by atoms with E-state index in [4.69, 9.17) is 11.6 Å². The molecule has 0 saturated carbocycles. The van der Waals surface area contributed by atoms with Gasteiger partial charge in [0.15, 0.2) is 0 Å². The van der Waals surface area contributed by atoms with Gasteiger partial charge in [0.2, 0.25) is 5.91 Å². The van der Waals surface area contributed by atoms with Gasteiger partial charge in [-0.1, -0.05) is 18.2 Å². The van der Waals surface area contributed by atoms with Crippen molar-refractivity contribution in [1.29, 1.82) is 0 Å². The normalized spacial score (nSPS) is 12.6. The molecule has 90 valence electrons. The minimum Gasteiger partial charge on any atom is -0.361 e. The fourth-order valence-corrected chi connectivity index (χ4v) is 1.88. The van der Waals surface area contributed by atoms with Gasteiger partial charge in [0.05, 0.1) is 0 Å². The molecule has 0 aliphatic carbocycles. The van der Waals surface area contributed by atoms with Crippen molar-refractivity contribution in [3.05, 3.63) is 36.0 Å². The van der Waals surface area contributed by atoms with E-state index in [0.717, 1.165) is 11.9 Å². The molecule has 2 N–H and O–H groups in total. The first kappa shape index (κ1) is 12.0. The SMILES string of the molecule is C[C@H](Cl)C(=O)NCCc1c[nH]c2ccccc12. The van der Waals surface area contributed by atoms with Crippen molar-refractivity contribution in [2.45, 2.75) is 18.7 Å². The molecule has 2 aromatic rings. The molecule has 0 radical (unpaired) electrons. The van der Waals surface area contributed by atoms with Gasteiger partial charge < -0.3 is 10.3 Å². The van der Waals surface area contributed by atoms with Crippen molar-refractivity contribution in [3.8, 4) is 0 Å². The first-order chi connectivity index (χ1) is 8.18. The lowest BCUT2D eigenvalue weighted by molar-refractivity contribution is -0.120. The number of aromatic amines is 1. The maximum atomic E-state index is 11.3. The minimum atomic E-state index is -0.474. The fourth-order valence-electron chi connectivity index (χ4n) is 1.80. The van der Waals surface area contributed by atoms with E-state index >= 15 is 0 Å². The molecule has 17 heavy (non-hydrogen) atoms. The fraction of sp³-hybridized carbons (Fsp3) is 0.308. The van der Waals surface area contributed by atoms with Crippen LogP contribution >= 0.6 is 11.6 Å². The van der Waals surface area contributed by atoms with Crippen molar-refractivity contribution in [1.82, 2.24) is 10.3 Å². The van der Waals surface area contributed by atoms with Crippen LogP contribution in [0.25, 0.3) is 10.9 Å². The first-order valence-electron chi connectivity index (χ1n) is 5.65. The maximum absolute atomic E-state index is 11.3. The predicted molar refractivity (Wildman–Crippen MR) is 70.3 cm³/mol. The molecule has 1 aromatic heterocycles. The first-order valence-corrected chi connectivity index (χ1v) is 6.09. The Morgan fingerprint density at radius 3 is 3.00 bits per heavy atom. The molecule has 4 heteroatoms. The topological polar surface area (TPSA) is 44.9 Å². The second-order valence-corrected chi connectivity index (χ2v) is 4.67. The van der Waals surface area contributed by atoms with Crippen molar-refractivity contribution in [2.75, 3.05) is 6.54 Å². The van der Waals surface area contributed by atoms with E-state index in [9.17, 15) is 4.79 Å². The van der Waals surface area contributed by atoms with E-state index in [1.807, 2.05) is 24.4 Å². The Hall–Kier alpha value is -1.48. The zero-order chi connectivity index (χ0) is 12.3. The number of halogens is 1. The Bertz CT molecular complexity index is 519. The van der Waals surface area contributed by atoms with Crippen LogP contribution in [0.15, 0.2) is 30.5 Å². The summed E-state index contributed by atoms with van der Waals surface area (Å²) in [6.45, 7) is 2.28. The van der Waals surface area contributed by atoms with E-state index in [0.29, 0.717) is 6.54 Å². The van der Waals surface area contributed by atoms with Crippen LogP contribution in [0.4, 0.5) is 0 Å². The van der Waals surface area contributed by atoms with Crippen molar-refractivity contribution in [2.24, 2.45) is 0 Å². The summed E-state index contributed by atoms with van der Waals surface area (Å²) in [5, 5.41) is 3.54. The molecular weight excluding hydrogens is 236 g/mol. The third-order valence-corrected chi connectivity index (χ3v) is 2.93. The number of carbonyl (C=O) groups is 1. The highest BCUT2D eigenvalue weighted by atomic mass is 35.5. The van der Waals surface area contributed by atoms with Gasteiger partial charge >= 0.3 is 0 Å². The number of hydrogen-bond acceptors (Lipinski definition) is 1. The van der Waals surface area contributed by atoms with Gasteiger partial charge in [-0.3, -0.25) is 4.79 Å². The van der Waals surface area contributed by atoms with Gasteiger partial charge in [0.25, 0.3) is 0 Å². The molecular formula is C13H15ClN2O. The van der Waals surface area contributed by atoms with Crippen molar-refractivity contribution < 1.29 is 4.79 Å². The highest BCUT2D eigenvalue weighted by molar-refractivity contribution is 6.30. The number of hydrogen-bond donors (Lipinski definition) is 2. The van der Waals surface area contributed by atoms with Crippen LogP contribution < -0.4 is 5.32 Å². The van der Waals surface area contributed by atoms with Crippen LogP contribution in [0.1, 0.15) is 12.5 Å². The summed E-state index contributed by atoms with van der Waals surface area (Å²) in [5.74, 6) is -0.119. The molecule has 0 fully saturated rings. The third-order valence-electron chi connectivity index (χ3n) is 2.73. The van der Waals surface area contributed by atoms with E-state index in [-0.39, 0.29) is 5.91 Å². The van der Waals surface area contributed by atoms with E-state index < -0.39 is 5.38 Å². The van der Waals surface area contributed by atoms with Gasteiger partial charge in [-0.25, -0.2) is 0 Å². The van der Waals surface area contributed by atoms with Crippen LogP contribution in [0.2, 0.25) is 0 Å². The van der Waals surface area contributed by atoms with Crippen LogP contribution in [0.5, 0.6) is 0 Å². The number of nitrogens with one attached hydrogen (secondary N) is 2. The van der Waals surface area contributed by atoms with E-state index in [1.165, 1.54) is 10.9 Å². The Morgan fingerprint density at radius 1 is 1.47 bits per heavy atom. The number of carbonyl (C=O) groups excluding carboxylic acids is 1. The summed E-state index contributed by atoms with van der Waals surface area (Å²) in [5.41, 5.74) is 2.34. The van der Waals surface area contributed by atoms with E-state index in [1.54, 1.807) is 6.92 Å².